The van der Waals surface area contributed by atoms with Crippen LogP contribution in [0.4, 0.5) is 0 Å². The molecule has 0 fully saturated rings. The highest BCUT2D eigenvalue weighted by molar-refractivity contribution is 5.34. The molecule has 1 aromatic carbocycles. The van der Waals surface area contributed by atoms with Crippen molar-refractivity contribution in [3.05, 3.63) is 48.0 Å². The van der Waals surface area contributed by atoms with Gasteiger partial charge in [0.2, 0.25) is 0 Å². The smallest absolute Gasteiger partial charge is 0.143 e. The van der Waals surface area contributed by atoms with E-state index in [-0.39, 0.29) is 6.10 Å². The van der Waals surface area contributed by atoms with E-state index in [1.54, 1.807) is 30.3 Å². The van der Waals surface area contributed by atoms with Gasteiger partial charge in [0.25, 0.3) is 0 Å². The van der Waals surface area contributed by atoms with E-state index in [1.807, 2.05) is 6.07 Å². The first-order chi connectivity index (χ1) is 7.31. The van der Waals surface area contributed by atoms with Gasteiger partial charge >= 0.3 is 0 Å². The molecule has 0 N–H and O–H groups in total. The Morgan fingerprint density at radius 2 is 2.13 bits per heavy atom. The van der Waals surface area contributed by atoms with Crippen molar-refractivity contribution in [3.8, 4) is 18.4 Å². The Hall–Kier alpha value is -2.03. The highest BCUT2D eigenvalue weighted by Crippen LogP contribution is 2.16. The van der Waals surface area contributed by atoms with Gasteiger partial charge in [0.15, 0.2) is 0 Å². The lowest BCUT2D eigenvalue weighted by atomic mass is 10.1. The van der Waals surface area contributed by atoms with Crippen molar-refractivity contribution in [1.29, 1.82) is 5.26 Å². The molecule has 1 aromatic rings. The quantitative estimate of drug-likeness (QED) is 0.548. The molecule has 1 atom stereocenters. The first-order valence-electron chi connectivity index (χ1n) is 4.50. The van der Waals surface area contributed by atoms with Gasteiger partial charge in [0.05, 0.1) is 18.2 Å². The van der Waals surface area contributed by atoms with E-state index in [2.05, 4.69) is 12.5 Å². The summed E-state index contributed by atoms with van der Waals surface area (Å²) in [6.45, 7) is 3.96. The third kappa shape index (κ3) is 2.98. The van der Waals surface area contributed by atoms with Crippen molar-refractivity contribution in [1.82, 2.24) is 0 Å². The van der Waals surface area contributed by atoms with Crippen LogP contribution in [0.25, 0.3) is 0 Å². The zero-order valence-electron chi connectivity index (χ0n) is 8.31. The van der Waals surface area contributed by atoms with Crippen LogP contribution >= 0.6 is 0 Å². The molecule has 0 aliphatic rings. The maximum atomic E-state index is 8.63. The number of nitrogens with zero attached hydrogens (tertiary/aromatic N) is 1. The maximum absolute atomic E-state index is 8.63. The Balaban J connectivity index is 2.80. The van der Waals surface area contributed by atoms with E-state index in [9.17, 15) is 0 Å². The minimum absolute atomic E-state index is 0.379. The molecule has 0 aliphatic carbocycles. The third-order valence-corrected chi connectivity index (χ3v) is 1.87. The van der Waals surface area contributed by atoms with Crippen LogP contribution in [0.15, 0.2) is 36.9 Å². The van der Waals surface area contributed by atoms with Gasteiger partial charge in [-0.1, -0.05) is 24.1 Å². The molecular weight excluding hydrogens is 186 g/mol. The van der Waals surface area contributed by atoms with Crippen LogP contribution in [-0.4, -0.2) is 6.61 Å². The number of terminal acetylenes is 1. The topological polar surface area (TPSA) is 33.0 Å². The standard InChI is InChI=1S/C13H11NO/c1-3-9-15-13(4-2)12-7-5-11(10-14)6-8-12/h2-3,5-8,13H,1,9H2. The predicted octanol–water partition coefficient (Wildman–Crippen LogP) is 2.44. The number of ether oxygens (including phenoxy) is 1. The molecule has 2 heteroatoms. The van der Waals surface area contributed by atoms with Gasteiger partial charge in [-0.05, 0) is 17.7 Å². The molecule has 15 heavy (non-hydrogen) atoms. The second-order valence-electron chi connectivity index (χ2n) is 2.90. The summed E-state index contributed by atoms with van der Waals surface area (Å²) in [6, 6.07) is 9.08. The average molecular weight is 197 g/mol. The lowest BCUT2D eigenvalue weighted by Gasteiger charge is -2.10. The van der Waals surface area contributed by atoms with Gasteiger partial charge in [-0.15, -0.1) is 13.0 Å². The molecule has 0 spiro atoms. The average Bonchev–Trinajstić information content (AvgIpc) is 2.31. The van der Waals surface area contributed by atoms with Gasteiger partial charge in [0.1, 0.15) is 6.10 Å². The molecule has 0 amide bonds. The molecule has 0 heterocycles. The van der Waals surface area contributed by atoms with Crippen LogP contribution in [0.3, 0.4) is 0 Å². The number of nitriles is 1. The van der Waals surface area contributed by atoms with Crippen molar-refractivity contribution in [2.24, 2.45) is 0 Å². The van der Waals surface area contributed by atoms with E-state index in [0.29, 0.717) is 12.2 Å². The fourth-order valence-corrected chi connectivity index (χ4v) is 1.14. The normalized spacial score (nSPS) is 11.1. The molecule has 0 aromatic heterocycles. The summed E-state index contributed by atoms with van der Waals surface area (Å²) in [5.41, 5.74) is 1.48. The Morgan fingerprint density at radius 3 is 2.60 bits per heavy atom. The van der Waals surface area contributed by atoms with E-state index in [1.165, 1.54) is 0 Å². The summed E-state index contributed by atoms with van der Waals surface area (Å²) in [6.07, 6.45) is 6.61. The second kappa shape index (κ2) is 5.65. The van der Waals surface area contributed by atoms with Gasteiger partial charge < -0.3 is 4.74 Å². The van der Waals surface area contributed by atoms with Crippen LogP contribution < -0.4 is 0 Å². The van der Waals surface area contributed by atoms with Crippen LogP contribution in [0.2, 0.25) is 0 Å². The summed E-state index contributed by atoms with van der Waals surface area (Å²) in [5, 5.41) is 8.63. The minimum atomic E-state index is -0.379. The molecule has 0 saturated carbocycles. The maximum Gasteiger partial charge on any atom is 0.143 e. The molecule has 1 rings (SSSR count). The summed E-state index contributed by atoms with van der Waals surface area (Å²) in [7, 11) is 0. The van der Waals surface area contributed by atoms with E-state index in [4.69, 9.17) is 16.4 Å². The fraction of sp³-hybridized carbons (Fsp3) is 0.154. The van der Waals surface area contributed by atoms with E-state index in [0.717, 1.165) is 5.56 Å². The Morgan fingerprint density at radius 1 is 1.47 bits per heavy atom. The predicted molar refractivity (Wildman–Crippen MR) is 58.9 cm³/mol. The summed E-state index contributed by atoms with van der Waals surface area (Å²) >= 11 is 0. The Kier molecular flexibility index (Phi) is 4.16. The fourth-order valence-electron chi connectivity index (χ4n) is 1.14. The van der Waals surface area contributed by atoms with Crippen LogP contribution in [0, 0.1) is 23.7 Å². The minimum Gasteiger partial charge on any atom is -0.357 e. The molecule has 0 saturated heterocycles. The number of benzene rings is 1. The zero-order valence-corrected chi connectivity index (χ0v) is 8.31. The largest absolute Gasteiger partial charge is 0.357 e. The van der Waals surface area contributed by atoms with E-state index < -0.39 is 0 Å². The number of hydrogen-bond donors (Lipinski definition) is 0. The van der Waals surface area contributed by atoms with Gasteiger partial charge in [-0.3, -0.25) is 0 Å². The molecule has 74 valence electrons. The summed E-state index contributed by atoms with van der Waals surface area (Å²) in [5.74, 6) is 2.54. The van der Waals surface area contributed by atoms with Crippen molar-refractivity contribution in [3.63, 3.8) is 0 Å². The molecular formula is C13H11NO. The van der Waals surface area contributed by atoms with Crippen molar-refractivity contribution in [2.45, 2.75) is 6.10 Å². The van der Waals surface area contributed by atoms with Crippen LogP contribution in [0.1, 0.15) is 17.2 Å². The molecule has 0 aliphatic heterocycles. The lowest BCUT2D eigenvalue weighted by Crippen LogP contribution is -2.01. The highest BCUT2D eigenvalue weighted by Gasteiger charge is 2.06. The highest BCUT2D eigenvalue weighted by atomic mass is 16.5. The molecule has 0 bridgehead atoms. The van der Waals surface area contributed by atoms with Gasteiger partial charge in [0, 0.05) is 0 Å². The first kappa shape index (κ1) is 11.0. The zero-order chi connectivity index (χ0) is 11.1. The Bertz CT molecular complexity index is 406. The third-order valence-electron chi connectivity index (χ3n) is 1.87. The monoisotopic (exact) mass is 197 g/mol. The van der Waals surface area contributed by atoms with Crippen molar-refractivity contribution >= 4 is 0 Å². The van der Waals surface area contributed by atoms with Crippen molar-refractivity contribution < 1.29 is 4.74 Å². The van der Waals surface area contributed by atoms with Crippen LogP contribution in [0.5, 0.6) is 0 Å². The molecule has 1 unspecified atom stereocenters. The first-order valence-corrected chi connectivity index (χ1v) is 4.50. The van der Waals surface area contributed by atoms with E-state index >= 15 is 0 Å². The summed E-state index contributed by atoms with van der Waals surface area (Å²) < 4.78 is 5.36. The van der Waals surface area contributed by atoms with Crippen LogP contribution in [-0.2, 0) is 4.74 Å². The van der Waals surface area contributed by atoms with Gasteiger partial charge in [-0.25, -0.2) is 0 Å². The molecule has 0 radical (unpaired) electrons. The SMILES string of the molecule is C#CC(OCC=C)c1ccc(C#N)cc1. The number of hydrogen-bond acceptors (Lipinski definition) is 2. The van der Waals surface area contributed by atoms with Gasteiger partial charge in [-0.2, -0.15) is 5.26 Å². The molecule has 2 nitrogen and oxygen atoms in total. The number of rotatable bonds is 4. The summed E-state index contributed by atoms with van der Waals surface area (Å²) in [4.78, 5) is 0. The lowest BCUT2D eigenvalue weighted by molar-refractivity contribution is 0.117. The van der Waals surface area contributed by atoms with Crippen molar-refractivity contribution in [2.75, 3.05) is 6.61 Å². The second-order valence-corrected chi connectivity index (χ2v) is 2.90. The Labute approximate surface area is 89.8 Å².